The quantitative estimate of drug-likeness (QED) is 0.357. The third-order valence-corrected chi connectivity index (χ3v) is 7.82. The molecule has 0 bridgehead atoms. The fraction of sp³-hybridized carbons (Fsp3) is 0. The number of hydrogen-bond acceptors (Lipinski definition) is 2. The van der Waals surface area contributed by atoms with Gasteiger partial charge in [0.15, 0.2) is 5.11 Å². The first-order valence-electron chi connectivity index (χ1n) is 7.79. The molecule has 0 atom stereocenters. The molecule has 6 heteroatoms. The van der Waals surface area contributed by atoms with Gasteiger partial charge in [-0.1, -0.05) is 90.7 Å². The van der Waals surface area contributed by atoms with Crippen LogP contribution in [0, 0.1) is 0 Å². The van der Waals surface area contributed by atoms with Gasteiger partial charge in [-0.3, -0.25) is 5.43 Å². The Labute approximate surface area is 158 Å². The highest BCUT2D eigenvalue weighted by molar-refractivity contribution is 8.20. The Morgan fingerprint density at radius 2 is 1.12 bits per heavy atom. The Morgan fingerprint density at radius 3 is 1.60 bits per heavy atom. The van der Waals surface area contributed by atoms with E-state index in [9.17, 15) is 0 Å². The van der Waals surface area contributed by atoms with E-state index in [0.717, 1.165) is 16.3 Å². The van der Waals surface area contributed by atoms with Crippen LogP contribution in [0.5, 0.6) is 0 Å². The molecule has 126 valence electrons. The normalized spacial score (nSPS) is 10.9. The zero-order valence-electron chi connectivity index (χ0n) is 13.4. The van der Waals surface area contributed by atoms with E-state index in [2.05, 4.69) is 40.2 Å². The highest BCUT2D eigenvalue weighted by Gasteiger charge is 2.21. The second kappa shape index (κ2) is 8.37. The second-order valence-electron chi connectivity index (χ2n) is 5.34. The lowest BCUT2D eigenvalue weighted by molar-refractivity contribution is 0.928. The minimum Gasteiger partial charge on any atom is -0.332 e. The summed E-state index contributed by atoms with van der Waals surface area (Å²) in [5.74, 6) is 0. The van der Waals surface area contributed by atoms with Crippen molar-refractivity contribution in [3.63, 3.8) is 0 Å². The van der Waals surface area contributed by atoms with Crippen molar-refractivity contribution in [1.82, 2.24) is 10.6 Å². The van der Waals surface area contributed by atoms with E-state index in [4.69, 9.17) is 24.0 Å². The van der Waals surface area contributed by atoms with Crippen LogP contribution in [0.15, 0.2) is 91.0 Å². The number of rotatable bonds is 5. The SMILES string of the molecule is S=C(NNP(=S)(c1ccccc1)c1ccccc1)Nc1ccccc1. The maximum Gasteiger partial charge on any atom is 0.185 e. The summed E-state index contributed by atoms with van der Waals surface area (Å²) in [6.07, 6.45) is -2.24. The van der Waals surface area contributed by atoms with E-state index >= 15 is 0 Å². The van der Waals surface area contributed by atoms with Gasteiger partial charge in [-0.15, -0.1) is 0 Å². The topological polar surface area (TPSA) is 36.1 Å². The molecule has 0 fully saturated rings. The van der Waals surface area contributed by atoms with Gasteiger partial charge in [0, 0.05) is 16.3 Å². The molecule has 0 aliphatic heterocycles. The minimum absolute atomic E-state index is 0.479. The Balaban J connectivity index is 1.79. The van der Waals surface area contributed by atoms with Gasteiger partial charge in [-0.25, -0.2) is 0 Å². The molecule has 3 N–H and O–H groups in total. The molecule has 3 rings (SSSR count). The Kier molecular flexibility index (Phi) is 5.95. The first-order valence-corrected chi connectivity index (χ1v) is 11.0. The van der Waals surface area contributed by atoms with Crippen molar-refractivity contribution in [2.75, 3.05) is 5.32 Å². The maximum atomic E-state index is 6.07. The smallest absolute Gasteiger partial charge is 0.185 e. The summed E-state index contributed by atoms with van der Waals surface area (Å²) < 4.78 is 0. The van der Waals surface area contributed by atoms with E-state index < -0.39 is 6.19 Å². The Hall–Kier alpha value is -2.04. The average molecular weight is 383 g/mol. The number of hydrazine groups is 1. The highest BCUT2D eigenvalue weighted by Crippen LogP contribution is 2.37. The van der Waals surface area contributed by atoms with Gasteiger partial charge >= 0.3 is 0 Å². The molecule has 0 aliphatic rings. The number of benzene rings is 3. The van der Waals surface area contributed by atoms with Gasteiger partial charge in [0.05, 0.1) is 6.19 Å². The molecule has 0 radical (unpaired) electrons. The van der Waals surface area contributed by atoms with Crippen molar-refractivity contribution < 1.29 is 0 Å². The lowest BCUT2D eigenvalue weighted by Crippen LogP contribution is -2.42. The zero-order valence-corrected chi connectivity index (χ0v) is 16.0. The molecule has 3 aromatic carbocycles. The largest absolute Gasteiger partial charge is 0.332 e. The van der Waals surface area contributed by atoms with Crippen LogP contribution in [0.2, 0.25) is 0 Å². The van der Waals surface area contributed by atoms with Crippen LogP contribution in [0.4, 0.5) is 5.69 Å². The lowest BCUT2D eigenvalue weighted by atomic mass is 10.3. The van der Waals surface area contributed by atoms with Crippen LogP contribution in [-0.2, 0) is 11.8 Å². The second-order valence-corrected chi connectivity index (χ2v) is 9.86. The predicted octanol–water partition coefficient (Wildman–Crippen LogP) is 3.52. The lowest BCUT2D eigenvalue weighted by Gasteiger charge is -2.25. The van der Waals surface area contributed by atoms with Gasteiger partial charge in [0.2, 0.25) is 0 Å². The summed E-state index contributed by atoms with van der Waals surface area (Å²) in [6, 6.07) is 30.0. The highest BCUT2D eigenvalue weighted by atomic mass is 32.4. The third kappa shape index (κ3) is 4.53. The number of nitrogens with one attached hydrogen (secondary N) is 3. The standard InChI is InChI=1S/C19H18N3PS2/c24-19(20-16-10-4-1-5-11-16)21-22-23(25,17-12-6-2-7-13-17)18-14-8-3-9-15-18/h1-15H,(H,22,25)(H2,20,21,24). The molecular weight excluding hydrogens is 365 g/mol. The molecule has 25 heavy (non-hydrogen) atoms. The third-order valence-electron chi connectivity index (χ3n) is 3.60. The van der Waals surface area contributed by atoms with Crippen LogP contribution in [-0.4, -0.2) is 5.11 Å². The Bertz CT molecular complexity index is 827. The van der Waals surface area contributed by atoms with Crippen LogP contribution >= 0.6 is 18.4 Å². The van der Waals surface area contributed by atoms with E-state index in [1.54, 1.807) is 0 Å². The molecule has 3 nitrogen and oxygen atoms in total. The van der Waals surface area contributed by atoms with Gasteiger partial charge in [-0.05, 0) is 24.4 Å². The zero-order chi connectivity index (χ0) is 17.5. The van der Waals surface area contributed by atoms with Crippen molar-refractivity contribution in [1.29, 1.82) is 0 Å². The molecular formula is C19H18N3PS2. The molecule has 0 saturated heterocycles. The first-order chi connectivity index (χ1) is 12.2. The van der Waals surface area contributed by atoms with Crippen molar-refractivity contribution in [3.05, 3.63) is 91.0 Å². The van der Waals surface area contributed by atoms with Crippen LogP contribution < -0.4 is 26.5 Å². The van der Waals surface area contributed by atoms with E-state index in [0.29, 0.717) is 5.11 Å². The molecule has 3 aromatic rings. The molecule has 0 unspecified atom stereocenters. The van der Waals surface area contributed by atoms with Crippen LogP contribution in [0.3, 0.4) is 0 Å². The molecule has 0 saturated carbocycles. The summed E-state index contributed by atoms with van der Waals surface area (Å²) >= 11 is 11.5. The molecule has 0 spiro atoms. The molecule has 0 aromatic heterocycles. The molecule has 0 amide bonds. The maximum absolute atomic E-state index is 6.07. The van der Waals surface area contributed by atoms with Crippen molar-refractivity contribution in [3.8, 4) is 0 Å². The Morgan fingerprint density at radius 1 is 0.680 bits per heavy atom. The molecule has 0 aliphatic carbocycles. The monoisotopic (exact) mass is 383 g/mol. The number of thiocarbonyl (C=S) groups is 1. The van der Waals surface area contributed by atoms with Crippen LogP contribution in [0.25, 0.3) is 0 Å². The summed E-state index contributed by atoms with van der Waals surface area (Å²) in [6.45, 7) is 0. The van der Waals surface area contributed by atoms with Crippen molar-refractivity contribution in [2.45, 2.75) is 0 Å². The van der Waals surface area contributed by atoms with E-state index in [1.807, 2.05) is 66.7 Å². The number of anilines is 1. The van der Waals surface area contributed by atoms with Crippen LogP contribution in [0.1, 0.15) is 0 Å². The minimum atomic E-state index is -2.24. The summed E-state index contributed by atoms with van der Waals surface area (Å²) in [5.41, 5.74) is 4.01. The van der Waals surface area contributed by atoms with Crippen molar-refractivity contribution >= 4 is 51.6 Å². The summed E-state index contributed by atoms with van der Waals surface area (Å²) in [5, 5.41) is 9.10. The van der Waals surface area contributed by atoms with E-state index in [1.165, 1.54) is 0 Å². The number of hydrogen-bond donors (Lipinski definition) is 3. The van der Waals surface area contributed by atoms with Crippen molar-refractivity contribution in [2.24, 2.45) is 0 Å². The van der Waals surface area contributed by atoms with Gasteiger partial charge in [0.25, 0.3) is 0 Å². The van der Waals surface area contributed by atoms with Gasteiger partial charge < -0.3 is 5.32 Å². The predicted molar refractivity (Wildman–Crippen MR) is 115 cm³/mol. The summed E-state index contributed by atoms with van der Waals surface area (Å²) in [7, 11) is 0. The fourth-order valence-corrected chi connectivity index (χ4v) is 5.49. The van der Waals surface area contributed by atoms with E-state index in [-0.39, 0.29) is 0 Å². The van der Waals surface area contributed by atoms with Gasteiger partial charge in [0.1, 0.15) is 0 Å². The summed E-state index contributed by atoms with van der Waals surface area (Å²) in [4.78, 5) is 0. The van der Waals surface area contributed by atoms with Gasteiger partial charge in [-0.2, -0.15) is 5.20 Å². The fourth-order valence-electron chi connectivity index (χ4n) is 2.37. The first kappa shape index (κ1) is 17.8. The number of para-hydroxylation sites is 1. The molecule has 0 heterocycles. The average Bonchev–Trinajstić information content (AvgIpc) is 2.68.